The minimum Gasteiger partial charge on any atom is -0.396 e. The Labute approximate surface area is 65.8 Å². The third-order valence-corrected chi connectivity index (χ3v) is 1.21. The molecule has 0 fully saturated rings. The summed E-state index contributed by atoms with van der Waals surface area (Å²) in [5.41, 5.74) is 0. The van der Waals surface area contributed by atoms with Gasteiger partial charge in [0.05, 0.1) is 6.07 Å². The number of carbonyl (C=O) groups is 1. The van der Waals surface area contributed by atoms with Crippen LogP contribution < -0.4 is 5.32 Å². The van der Waals surface area contributed by atoms with Crippen molar-refractivity contribution < 1.29 is 9.90 Å². The highest BCUT2D eigenvalue weighted by molar-refractivity contribution is 5.78. The molecule has 0 spiro atoms. The number of nitrogens with zero attached hydrogens (tertiary/aromatic N) is 1. The van der Waals surface area contributed by atoms with Gasteiger partial charge in [-0.3, -0.25) is 4.79 Å². The summed E-state index contributed by atoms with van der Waals surface area (Å²) in [4.78, 5) is 10.7. The molecule has 0 rings (SSSR count). The zero-order valence-electron chi connectivity index (χ0n) is 6.50. The molecule has 62 valence electrons. The van der Waals surface area contributed by atoms with E-state index in [2.05, 4.69) is 5.32 Å². The maximum Gasteiger partial charge on any atom is 0.234 e. The third-order valence-electron chi connectivity index (χ3n) is 1.21. The quantitative estimate of drug-likeness (QED) is 0.591. The molecule has 0 heterocycles. The zero-order valence-corrected chi connectivity index (χ0v) is 6.50. The van der Waals surface area contributed by atoms with Gasteiger partial charge in [-0.1, -0.05) is 0 Å². The number of nitriles is 1. The topological polar surface area (TPSA) is 73.1 Å². The fourth-order valence-corrected chi connectivity index (χ4v) is 0.663. The van der Waals surface area contributed by atoms with Crippen molar-refractivity contribution in [3.05, 3.63) is 0 Å². The number of aliphatic hydroxyl groups is 1. The summed E-state index contributed by atoms with van der Waals surface area (Å²) >= 11 is 0. The van der Waals surface area contributed by atoms with Crippen LogP contribution in [0, 0.1) is 11.3 Å². The Hall–Kier alpha value is -1.08. The van der Waals surface area contributed by atoms with Gasteiger partial charge in [-0.25, -0.2) is 0 Å². The predicted octanol–water partition coefficient (Wildman–Crippen LogP) is -0.213. The second-order valence-electron chi connectivity index (χ2n) is 2.32. The fourth-order valence-electron chi connectivity index (χ4n) is 0.663. The van der Waals surface area contributed by atoms with Crippen LogP contribution in [0.1, 0.15) is 19.8 Å². The Balaban J connectivity index is 3.50. The van der Waals surface area contributed by atoms with Gasteiger partial charge in [0.25, 0.3) is 0 Å². The first kappa shape index (κ1) is 9.92. The van der Waals surface area contributed by atoms with Gasteiger partial charge in [0, 0.05) is 12.6 Å². The second-order valence-corrected chi connectivity index (χ2v) is 2.32. The normalized spacial score (nSPS) is 11.7. The molecule has 2 N–H and O–H groups in total. The Morgan fingerprint density at radius 1 is 1.82 bits per heavy atom. The molecule has 1 atom stereocenters. The first-order valence-electron chi connectivity index (χ1n) is 3.48. The van der Waals surface area contributed by atoms with E-state index < -0.39 is 0 Å². The van der Waals surface area contributed by atoms with E-state index in [0.29, 0.717) is 6.42 Å². The summed E-state index contributed by atoms with van der Waals surface area (Å²) in [6.07, 6.45) is 0.410. The van der Waals surface area contributed by atoms with E-state index in [9.17, 15) is 4.79 Å². The van der Waals surface area contributed by atoms with E-state index >= 15 is 0 Å². The van der Waals surface area contributed by atoms with Crippen LogP contribution in [0.15, 0.2) is 0 Å². The van der Waals surface area contributed by atoms with Crippen LogP contribution in [-0.4, -0.2) is 23.7 Å². The molecule has 11 heavy (non-hydrogen) atoms. The molecule has 0 aliphatic carbocycles. The highest BCUT2D eigenvalue weighted by Gasteiger charge is 2.04. The minimum atomic E-state index is -0.284. The zero-order chi connectivity index (χ0) is 8.69. The van der Waals surface area contributed by atoms with Gasteiger partial charge >= 0.3 is 0 Å². The summed E-state index contributed by atoms with van der Waals surface area (Å²) < 4.78 is 0. The van der Waals surface area contributed by atoms with Crippen molar-refractivity contribution in [3.8, 4) is 6.07 Å². The van der Waals surface area contributed by atoms with E-state index in [1.807, 2.05) is 0 Å². The summed E-state index contributed by atoms with van der Waals surface area (Å²) in [7, 11) is 0. The van der Waals surface area contributed by atoms with Crippen LogP contribution in [0.4, 0.5) is 0 Å². The lowest BCUT2D eigenvalue weighted by atomic mass is 10.2. The number of rotatable bonds is 4. The summed E-state index contributed by atoms with van der Waals surface area (Å²) in [6.45, 7) is 1.83. The van der Waals surface area contributed by atoms with Crippen LogP contribution in [0.3, 0.4) is 0 Å². The van der Waals surface area contributed by atoms with Crippen molar-refractivity contribution in [2.75, 3.05) is 6.61 Å². The molecule has 0 aliphatic heterocycles. The molecule has 0 saturated carbocycles. The average Bonchev–Trinajstić information content (AvgIpc) is 1.87. The largest absolute Gasteiger partial charge is 0.396 e. The lowest BCUT2D eigenvalue weighted by Crippen LogP contribution is -2.32. The number of hydrogen-bond donors (Lipinski definition) is 2. The minimum absolute atomic E-state index is 0.0496. The van der Waals surface area contributed by atoms with Crippen molar-refractivity contribution in [1.29, 1.82) is 5.26 Å². The van der Waals surface area contributed by atoms with Crippen molar-refractivity contribution in [3.63, 3.8) is 0 Å². The van der Waals surface area contributed by atoms with Crippen LogP contribution in [0.25, 0.3) is 0 Å². The summed E-state index contributed by atoms with van der Waals surface area (Å²) in [5, 5.41) is 19.1. The molecular weight excluding hydrogens is 144 g/mol. The van der Waals surface area contributed by atoms with Crippen LogP contribution in [0.2, 0.25) is 0 Å². The van der Waals surface area contributed by atoms with Gasteiger partial charge in [0.1, 0.15) is 6.42 Å². The number of carbonyl (C=O) groups excluding carboxylic acids is 1. The first-order valence-corrected chi connectivity index (χ1v) is 3.48. The molecule has 0 radical (unpaired) electrons. The van der Waals surface area contributed by atoms with Crippen molar-refractivity contribution in [2.24, 2.45) is 0 Å². The van der Waals surface area contributed by atoms with E-state index in [4.69, 9.17) is 10.4 Å². The Kier molecular flexibility index (Phi) is 5.13. The molecule has 0 saturated heterocycles. The summed E-state index contributed by atoms with van der Waals surface area (Å²) in [5.74, 6) is -0.284. The lowest BCUT2D eigenvalue weighted by Gasteiger charge is -2.09. The van der Waals surface area contributed by atoms with E-state index in [1.54, 1.807) is 13.0 Å². The number of hydrogen-bond acceptors (Lipinski definition) is 3. The predicted molar refractivity (Wildman–Crippen MR) is 39.5 cm³/mol. The molecule has 4 heteroatoms. The molecular formula is C7H12N2O2. The van der Waals surface area contributed by atoms with Crippen molar-refractivity contribution in [1.82, 2.24) is 5.32 Å². The van der Waals surface area contributed by atoms with Gasteiger partial charge in [-0.2, -0.15) is 5.26 Å². The van der Waals surface area contributed by atoms with E-state index in [1.165, 1.54) is 0 Å². The molecule has 0 aliphatic rings. The fraction of sp³-hybridized carbons (Fsp3) is 0.714. The number of nitrogens with one attached hydrogen (secondary N) is 1. The van der Waals surface area contributed by atoms with Gasteiger partial charge in [0.2, 0.25) is 5.91 Å². The van der Waals surface area contributed by atoms with Gasteiger partial charge in [-0.15, -0.1) is 0 Å². The second kappa shape index (κ2) is 5.69. The van der Waals surface area contributed by atoms with Gasteiger partial charge in [0.15, 0.2) is 0 Å². The number of amides is 1. The van der Waals surface area contributed by atoms with E-state index in [-0.39, 0.29) is 25.0 Å². The smallest absolute Gasteiger partial charge is 0.234 e. The molecule has 0 aromatic heterocycles. The van der Waals surface area contributed by atoms with Crippen LogP contribution in [0.5, 0.6) is 0 Å². The van der Waals surface area contributed by atoms with Crippen molar-refractivity contribution in [2.45, 2.75) is 25.8 Å². The third kappa shape index (κ3) is 5.37. The first-order chi connectivity index (χ1) is 5.20. The SMILES string of the molecule is C[C@@H](CCO)NC(=O)CC#N. The highest BCUT2D eigenvalue weighted by Crippen LogP contribution is 1.89. The molecule has 0 unspecified atom stereocenters. The molecule has 0 bridgehead atoms. The standard InChI is InChI=1S/C7H12N2O2/c1-6(3-5-10)9-7(11)2-4-8/h6,10H,2-3,5H2,1H3,(H,9,11)/t6-/m0/s1. The Morgan fingerprint density at radius 2 is 2.45 bits per heavy atom. The maximum atomic E-state index is 10.7. The number of aliphatic hydroxyl groups excluding tert-OH is 1. The van der Waals surface area contributed by atoms with Crippen molar-refractivity contribution >= 4 is 5.91 Å². The molecule has 0 aromatic rings. The Morgan fingerprint density at radius 3 is 2.91 bits per heavy atom. The molecule has 1 amide bonds. The van der Waals surface area contributed by atoms with Crippen LogP contribution >= 0.6 is 0 Å². The average molecular weight is 156 g/mol. The molecule has 4 nitrogen and oxygen atoms in total. The van der Waals surface area contributed by atoms with Crippen LogP contribution in [-0.2, 0) is 4.79 Å². The molecule has 0 aromatic carbocycles. The van der Waals surface area contributed by atoms with Gasteiger partial charge in [-0.05, 0) is 13.3 Å². The maximum absolute atomic E-state index is 10.7. The Bertz CT molecular complexity index is 162. The monoisotopic (exact) mass is 156 g/mol. The van der Waals surface area contributed by atoms with Gasteiger partial charge < -0.3 is 10.4 Å². The lowest BCUT2D eigenvalue weighted by molar-refractivity contribution is -0.120. The van der Waals surface area contributed by atoms with E-state index in [0.717, 1.165) is 0 Å². The highest BCUT2D eigenvalue weighted by atomic mass is 16.3. The summed E-state index contributed by atoms with van der Waals surface area (Å²) in [6, 6.07) is 1.69.